The number of aryl methyl sites for hydroxylation is 2. The summed E-state index contributed by atoms with van der Waals surface area (Å²) in [4.78, 5) is 26.9. The highest BCUT2D eigenvalue weighted by molar-refractivity contribution is 7.99. The molecule has 1 aliphatic rings. The van der Waals surface area contributed by atoms with Crippen molar-refractivity contribution in [3.63, 3.8) is 0 Å². The number of benzene rings is 1. The first-order valence-electron chi connectivity index (χ1n) is 8.77. The van der Waals surface area contributed by atoms with Crippen LogP contribution in [0.15, 0.2) is 40.5 Å². The van der Waals surface area contributed by atoms with E-state index >= 15 is 0 Å². The van der Waals surface area contributed by atoms with Crippen molar-refractivity contribution in [2.24, 2.45) is 5.92 Å². The van der Waals surface area contributed by atoms with E-state index in [1.54, 1.807) is 29.4 Å². The molecule has 1 saturated carbocycles. The van der Waals surface area contributed by atoms with E-state index in [9.17, 15) is 4.79 Å². The van der Waals surface area contributed by atoms with Gasteiger partial charge < -0.3 is 4.90 Å². The van der Waals surface area contributed by atoms with E-state index in [1.807, 2.05) is 36.2 Å². The van der Waals surface area contributed by atoms with Crippen LogP contribution in [0.4, 0.5) is 0 Å². The molecule has 0 N–H and O–H groups in total. The van der Waals surface area contributed by atoms with Crippen LogP contribution in [-0.2, 0) is 0 Å². The molecule has 4 rings (SSSR count). The zero-order valence-corrected chi connectivity index (χ0v) is 16.8. The minimum absolute atomic E-state index is 0.0866. The van der Waals surface area contributed by atoms with Gasteiger partial charge in [-0.1, -0.05) is 23.9 Å². The number of thiophene rings is 1. The molecule has 1 aliphatic carbocycles. The highest BCUT2D eigenvalue weighted by Gasteiger charge is 2.26. The Hall–Kier alpha value is -1.92. The monoisotopic (exact) mass is 383 g/mol. The number of carbonyl (C=O) groups is 1. The van der Waals surface area contributed by atoms with E-state index in [1.165, 1.54) is 23.3 Å². The number of hydrogen-bond donors (Lipinski definition) is 0. The maximum Gasteiger partial charge on any atom is 0.254 e. The van der Waals surface area contributed by atoms with Crippen molar-refractivity contribution in [2.45, 2.75) is 36.6 Å². The molecule has 26 heavy (non-hydrogen) atoms. The normalized spacial score (nSPS) is 14.0. The Morgan fingerprint density at radius 1 is 1.27 bits per heavy atom. The highest BCUT2D eigenvalue weighted by Crippen LogP contribution is 2.38. The van der Waals surface area contributed by atoms with E-state index in [2.05, 4.69) is 23.8 Å². The summed E-state index contributed by atoms with van der Waals surface area (Å²) in [7, 11) is 1.90. The summed E-state index contributed by atoms with van der Waals surface area (Å²) >= 11 is 3.25. The Labute approximate surface area is 161 Å². The van der Waals surface area contributed by atoms with Gasteiger partial charge in [0.15, 0.2) is 0 Å². The van der Waals surface area contributed by atoms with Crippen molar-refractivity contribution < 1.29 is 4.79 Å². The van der Waals surface area contributed by atoms with Crippen LogP contribution in [0.25, 0.3) is 10.2 Å². The topological polar surface area (TPSA) is 46.1 Å². The largest absolute Gasteiger partial charge is 0.341 e. The smallest absolute Gasteiger partial charge is 0.254 e. The maximum atomic E-state index is 12.9. The molecule has 134 valence electrons. The Morgan fingerprint density at radius 2 is 2.04 bits per heavy atom. The minimum atomic E-state index is 0.0866. The van der Waals surface area contributed by atoms with Gasteiger partial charge in [0.05, 0.1) is 5.56 Å². The lowest BCUT2D eigenvalue weighted by Crippen LogP contribution is -2.29. The lowest BCUT2D eigenvalue weighted by Gasteiger charge is -2.18. The molecule has 1 amide bonds. The van der Waals surface area contributed by atoms with Crippen molar-refractivity contribution in [1.29, 1.82) is 0 Å². The fraction of sp³-hybridized carbons (Fsp3) is 0.350. The van der Waals surface area contributed by atoms with Crippen LogP contribution in [0.5, 0.6) is 0 Å². The van der Waals surface area contributed by atoms with Crippen LogP contribution in [-0.4, -0.2) is 34.4 Å². The Morgan fingerprint density at radius 3 is 2.81 bits per heavy atom. The third-order valence-corrected chi connectivity index (χ3v) is 7.02. The SMILES string of the molecule is Cc1sc2ncnc(Sc3ccccc3C(=O)N(C)CC3CC3)c2c1C. The first-order valence-corrected chi connectivity index (χ1v) is 10.4. The Balaban J connectivity index is 1.68. The van der Waals surface area contributed by atoms with Crippen molar-refractivity contribution in [1.82, 2.24) is 14.9 Å². The molecule has 0 atom stereocenters. The standard InChI is InChI=1S/C20H21N3OS2/c1-12-13(2)25-18-17(12)19(22-11-21-18)26-16-7-5-4-6-15(16)20(24)23(3)10-14-8-9-14/h4-7,11,14H,8-10H2,1-3H3. The quantitative estimate of drug-likeness (QED) is 0.585. The number of fused-ring (bicyclic) bond motifs is 1. The zero-order valence-electron chi connectivity index (χ0n) is 15.2. The van der Waals surface area contributed by atoms with Gasteiger partial charge in [-0.2, -0.15) is 0 Å². The first kappa shape index (κ1) is 17.5. The van der Waals surface area contributed by atoms with Crippen molar-refractivity contribution in [2.75, 3.05) is 13.6 Å². The van der Waals surface area contributed by atoms with Gasteiger partial charge in [0.2, 0.25) is 0 Å². The van der Waals surface area contributed by atoms with Crippen LogP contribution < -0.4 is 0 Å². The van der Waals surface area contributed by atoms with Crippen molar-refractivity contribution in [3.05, 3.63) is 46.6 Å². The van der Waals surface area contributed by atoms with Gasteiger partial charge in [0, 0.05) is 28.8 Å². The molecule has 1 aromatic carbocycles. The number of nitrogens with zero attached hydrogens (tertiary/aromatic N) is 3. The molecule has 4 nitrogen and oxygen atoms in total. The molecule has 1 fully saturated rings. The van der Waals surface area contributed by atoms with Gasteiger partial charge in [0.25, 0.3) is 5.91 Å². The highest BCUT2D eigenvalue weighted by atomic mass is 32.2. The van der Waals surface area contributed by atoms with Crippen LogP contribution >= 0.6 is 23.1 Å². The van der Waals surface area contributed by atoms with Gasteiger partial charge in [-0.15, -0.1) is 11.3 Å². The van der Waals surface area contributed by atoms with Crippen LogP contribution in [0.2, 0.25) is 0 Å². The number of aromatic nitrogens is 2. The van der Waals surface area contributed by atoms with Crippen molar-refractivity contribution >= 4 is 39.2 Å². The van der Waals surface area contributed by atoms with Gasteiger partial charge in [-0.3, -0.25) is 4.79 Å². The van der Waals surface area contributed by atoms with Gasteiger partial charge >= 0.3 is 0 Å². The summed E-state index contributed by atoms with van der Waals surface area (Å²) in [5.41, 5.74) is 1.97. The maximum absolute atomic E-state index is 12.9. The summed E-state index contributed by atoms with van der Waals surface area (Å²) in [6, 6.07) is 7.82. The zero-order chi connectivity index (χ0) is 18.3. The third-order valence-electron chi connectivity index (χ3n) is 4.83. The first-order chi connectivity index (χ1) is 12.5. The molecule has 0 unspecified atom stereocenters. The molecule has 0 spiro atoms. The molecule has 2 heterocycles. The number of hydrogen-bond acceptors (Lipinski definition) is 5. The van der Waals surface area contributed by atoms with Gasteiger partial charge in [-0.05, 0) is 50.3 Å². The van der Waals surface area contributed by atoms with Crippen molar-refractivity contribution in [3.8, 4) is 0 Å². The molecular formula is C20H21N3OS2. The molecule has 6 heteroatoms. The van der Waals surface area contributed by atoms with Gasteiger partial charge in [0.1, 0.15) is 16.2 Å². The van der Waals surface area contributed by atoms with E-state index in [0.29, 0.717) is 5.92 Å². The molecule has 3 aromatic rings. The lowest BCUT2D eigenvalue weighted by molar-refractivity contribution is 0.0785. The van der Waals surface area contributed by atoms with E-state index in [-0.39, 0.29) is 5.91 Å². The summed E-state index contributed by atoms with van der Waals surface area (Å²) in [5, 5.41) is 2.02. The fourth-order valence-corrected chi connectivity index (χ4v) is 5.17. The van der Waals surface area contributed by atoms with Crippen LogP contribution in [0.1, 0.15) is 33.6 Å². The molecule has 0 saturated heterocycles. The van der Waals surface area contributed by atoms with E-state index in [0.717, 1.165) is 32.2 Å². The molecular weight excluding hydrogens is 362 g/mol. The summed E-state index contributed by atoms with van der Waals surface area (Å²) in [5.74, 6) is 0.769. The second-order valence-corrected chi connectivity index (χ2v) is 9.10. The van der Waals surface area contributed by atoms with Crippen LogP contribution in [0.3, 0.4) is 0 Å². The van der Waals surface area contributed by atoms with E-state index in [4.69, 9.17) is 0 Å². The Bertz CT molecular complexity index is 978. The van der Waals surface area contributed by atoms with Crippen LogP contribution in [0, 0.1) is 19.8 Å². The Kier molecular flexibility index (Phi) is 4.71. The number of amides is 1. The summed E-state index contributed by atoms with van der Waals surface area (Å²) in [6.07, 6.45) is 4.09. The summed E-state index contributed by atoms with van der Waals surface area (Å²) < 4.78 is 0. The molecule has 0 aliphatic heterocycles. The number of rotatable bonds is 5. The number of carbonyl (C=O) groups excluding carboxylic acids is 1. The van der Waals surface area contributed by atoms with E-state index < -0.39 is 0 Å². The molecule has 0 radical (unpaired) electrons. The lowest BCUT2D eigenvalue weighted by atomic mass is 10.2. The second kappa shape index (κ2) is 7.00. The second-order valence-electron chi connectivity index (χ2n) is 6.87. The molecule has 0 bridgehead atoms. The average molecular weight is 384 g/mol. The molecule has 2 aromatic heterocycles. The fourth-order valence-electron chi connectivity index (χ4n) is 3.04. The minimum Gasteiger partial charge on any atom is -0.341 e. The summed E-state index contributed by atoms with van der Waals surface area (Å²) in [6.45, 7) is 5.07. The van der Waals surface area contributed by atoms with Gasteiger partial charge in [-0.25, -0.2) is 9.97 Å². The third kappa shape index (κ3) is 3.35. The predicted octanol–water partition coefficient (Wildman–Crippen LogP) is 4.94. The average Bonchev–Trinajstić information content (AvgIpc) is 3.40. The predicted molar refractivity (Wildman–Crippen MR) is 107 cm³/mol.